The maximum absolute atomic E-state index is 13.0. The Balaban J connectivity index is 1.15. The van der Waals surface area contributed by atoms with E-state index in [4.69, 9.17) is 16.2 Å². The van der Waals surface area contributed by atoms with Crippen molar-refractivity contribution in [1.82, 2.24) is 10.3 Å². The van der Waals surface area contributed by atoms with E-state index in [1.165, 1.54) is 29.9 Å². The number of anilines is 2. The summed E-state index contributed by atoms with van der Waals surface area (Å²) in [6, 6.07) is 10.2. The number of carbonyl (C=O) groups is 1. The zero-order chi connectivity index (χ0) is 22.7. The number of nitrogen functional groups attached to an aromatic ring is 1. The number of hydrogen-bond acceptors (Lipinski definition) is 7. The van der Waals surface area contributed by atoms with Gasteiger partial charge in [-0.1, -0.05) is 12.5 Å². The first-order valence-corrected chi connectivity index (χ1v) is 12.5. The number of pyridine rings is 1. The van der Waals surface area contributed by atoms with Crippen LogP contribution >= 0.6 is 11.3 Å². The first-order valence-electron chi connectivity index (χ1n) is 11.7. The summed E-state index contributed by atoms with van der Waals surface area (Å²) < 4.78 is 6.08. The molecule has 0 spiro atoms. The molecule has 0 radical (unpaired) electrons. The van der Waals surface area contributed by atoms with Crippen LogP contribution in [0.15, 0.2) is 30.3 Å². The Morgan fingerprint density at radius 3 is 3.06 bits per heavy atom. The molecule has 1 aliphatic carbocycles. The molecule has 3 atom stereocenters. The third-order valence-corrected chi connectivity index (χ3v) is 8.64. The van der Waals surface area contributed by atoms with Gasteiger partial charge in [0.1, 0.15) is 22.1 Å². The molecule has 33 heavy (non-hydrogen) atoms. The number of nitrogens with one attached hydrogen (secondary N) is 1. The van der Waals surface area contributed by atoms with Gasteiger partial charge in [-0.05, 0) is 55.9 Å². The number of benzene rings is 1. The summed E-state index contributed by atoms with van der Waals surface area (Å²) in [4.78, 5) is 21.2. The molecule has 1 aromatic carbocycles. The van der Waals surface area contributed by atoms with Crippen LogP contribution < -0.4 is 26.4 Å². The van der Waals surface area contributed by atoms with Gasteiger partial charge in [0.05, 0.1) is 11.7 Å². The summed E-state index contributed by atoms with van der Waals surface area (Å²) in [6.07, 6.45) is 4.33. The number of fused-ring (bicyclic) bond motifs is 3. The average molecular weight is 464 g/mol. The van der Waals surface area contributed by atoms with E-state index >= 15 is 0 Å². The molecule has 8 heteroatoms. The van der Waals surface area contributed by atoms with Crippen molar-refractivity contribution in [3.8, 4) is 5.75 Å². The molecular weight excluding hydrogens is 434 g/mol. The van der Waals surface area contributed by atoms with Crippen molar-refractivity contribution >= 4 is 38.8 Å². The molecule has 3 aliphatic rings. The molecule has 6 rings (SSSR count). The molecule has 0 bridgehead atoms. The Labute approximate surface area is 197 Å². The van der Waals surface area contributed by atoms with Crippen molar-refractivity contribution in [3.63, 3.8) is 0 Å². The standard InChI is InChI=1S/C25H29N5O2S/c1-14-4-7-19-21(26)22(33-24(19)28-14)23(31)29-17-9-15-5-6-18(10-20(15)32-12-17)30-11-16-3-2-8-25(16,27)13-30/h4-7,10,16-17H,2-3,8-9,11-13,26-27H2,1H3,(H,29,31)/t16?,17-,25+/m1/s1. The van der Waals surface area contributed by atoms with Gasteiger partial charge in [0, 0.05) is 41.5 Å². The zero-order valence-corrected chi connectivity index (χ0v) is 19.6. The lowest BCUT2D eigenvalue weighted by Gasteiger charge is -2.28. The quantitative estimate of drug-likeness (QED) is 0.551. The van der Waals surface area contributed by atoms with Crippen LogP contribution in [0.5, 0.6) is 5.75 Å². The molecule has 1 saturated heterocycles. The van der Waals surface area contributed by atoms with E-state index in [2.05, 4.69) is 33.4 Å². The largest absolute Gasteiger partial charge is 0.491 e. The average Bonchev–Trinajstić information content (AvgIpc) is 3.42. The molecule has 5 N–H and O–H groups in total. The third-order valence-electron chi connectivity index (χ3n) is 7.53. The van der Waals surface area contributed by atoms with Gasteiger partial charge in [0.2, 0.25) is 0 Å². The predicted octanol–water partition coefficient (Wildman–Crippen LogP) is 3.24. The van der Waals surface area contributed by atoms with E-state index in [0.717, 1.165) is 53.2 Å². The van der Waals surface area contributed by atoms with Crippen molar-refractivity contribution in [1.29, 1.82) is 0 Å². The summed E-state index contributed by atoms with van der Waals surface area (Å²) in [5.41, 5.74) is 16.6. The van der Waals surface area contributed by atoms with Crippen LogP contribution in [0.25, 0.3) is 10.2 Å². The van der Waals surface area contributed by atoms with Crippen LogP contribution in [0.1, 0.15) is 40.2 Å². The topological polar surface area (TPSA) is 106 Å². The Morgan fingerprint density at radius 1 is 1.33 bits per heavy atom. The number of hydrogen-bond donors (Lipinski definition) is 3. The molecule has 1 amide bonds. The summed E-state index contributed by atoms with van der Waals surface area (Å²) in [5.74, 6) is 1.33. The lowest BCUT2D eigenvalue weighted by atomic mass is 9.92. The predicted molar refractivity (Wildman–Crippen MR) is 132 cm³/mol. The molecule has 7 nitrogen and oxygen atoms in total. The number of ether oxygens (including phenoxy) is 1. The van der Waals surface area contributed by atoms with Crippen molar-refractivity contribution in [2.75, 3.05) is 30.3 Å². The highest BCUT2D eigenvalue weighted by molar-refractivity contribution is 7.21. The van der Waals surface area contributed by atoms with Crippen LogP contribution in [-0.2, 0) is 6.42 Å². The normalized spacial score (nSPS) is 26.2. The number of nitrogens with two attached hydrogens (primary N) is 2. The number of rotatable bonds is 3. The molecule has 1 saturated carbocycles. The SMILES string of the molecule is Cc1ccc2c(N)c(C(=O)N[C@H]3COc4cc(N5CC6CCC[C@]6(N)C5)ccc4C3)sc2n1. The summed E-state index contributed by atoms with van der Waals surface area (Å²) >= 11 is 1.34. The fourth-order valence-corrected chi connectivity index (χ4v) is 6.74. The van der Waals surface area contributed by atoms with E-state index in [0.29, 0.717) is 23.1 Å². The maximum atomic E-state index is 13.0. The third kappa shape index (κ3) is 3.52. The molecule has 3 aromatic rings. The van der Waals surface area contributed by atoms with Gasteiger partial charge >= 0.3 is 0 Å². The minimum absolute atomic E-state index is 0.0329. The number of nitrogens with zero attached hydrogens (tertiary/aromatic N) is 2. The first kappa shape index (κ1) is 20.7. The maximum Gasteiger partial charge on any atom is 0.263 e. The molecule has 2 aromatic heterocycles. The van der Waals surface area contributed by atoms with Gasteiger partial charge in [0.25, 0.3) is 5.91 Å². The van der Waals surface area contributed by atoms with Gasteiger partial charge in [-0.3, -0.25) is 4.79 Å². The zero-order valence-electron chi connectivity index (χ0n) is 18.8. The van der Waals surface area contributed by atoms with Crippen LogP contribution in [-0.4, -0.2) is 42.2 Å². The van der Waals surface area contributed by atoms with Crippen molar-refractivity contribution in [3.05, 3.63) is 46.5 Å². The number of thiophene rings is 1. The lowest BCUT2D eigenvalue weighted by Crippen LogP contribution is -2.44. The fourth-order valence-electron chi connectivity index (χ4n) is 5.69. The van der Waals surface area contributed by atoms with E-state index in [9.17, 15) is 4.79 Å². The fraction of sp³-hybridized carbons (Fsp3) is 0.440. The minimum Gasteiger partial charge on any atom is -0.491 e. The molecule has 2 fully saturated rings. The van der Waals surface area contributed by atoms with Crippen LogP contribution in [0.2, 0.25) is 0 Å². The van der Waals surface area contributed by atoms with Crippen molar-refractivity contribution < 1.29 is 9.53 Å². The smallest absolute Gasteiger partial charge is 0.263 e. The molecule has 172 valence electrons. The highest BCUT2D eigenvalue weighted by atomic mass is 32.1. The van der Waals surface area contributed by atoms with Crippen LogP contribution in [0.3, 0.4) is 0 Å². The second-order valence-corrected chi connectivity index (χ2v) is 10.8. The first-order chi connectivity index (χ1) is 15.9. The highest BCUT2D eigenvalue weighted by Gasteiger charge is 2.46. The summed E-state index contributed by atoms with van der Waals surface area (Å²) in [5, 5.41) is 3.94. The number of amides is 1. The van der Waals surface area contributed by atoms with Crippen LogP contribution in [0.4, 0.5) is 11.4 Å². The minimum atomic E-state index is -0.168. The van der Waals surface area contributed by atoms with Crippen molar-refractivity contribution in [2.45, 2.75) is 44.2 Å². The van der Waals surface area contributed by atoms with E-state index in [1.807, 2.05) is 19.1 Å². The number of aryl methyl sites for hydroxylation is 1. The second-order valence-electron chi connectivity index (χ2n) is 9.83. The molecular formula is C25H29N5O2S. The van der Waals surface area contributed by atoms with Crippen molar-refractivity contribution in [2.24, 2.45) is 11.7 Å². The van der Waals surface area contributed by atoms with Gasteiger partial charge in [-0.25, -0.2) is 4.98 Å². The molecule has 2 aliphatic heterocycles. The molecule has 1 unspecified atom stereocenters. The Kier molecular flexibility index (Phi) is 4.78. The van der Waals surface area contributed by atoms with Gasteiger partial charge in [-0.15, -0.1) is 11.3 Å². The van der Waals surface area contributed by atoms with E-state index < -0.39 is 0 Å². The van der Waals surface area contributed by atoms with Gasteiger partial charge < -0.3 is 26.4 Å². The highest BCUT2D eigenvalue weighted by Crippen LogP contribution is 2.42. The van der Waals surface area contributed by atoms with Crippen LogP contribution in [0, 0.1) is 12.8 Å². The molecule has 4 heterocycles. The van der Waals surface area contributed by atoms with E-state index in [-0.39, 0.29) is 17.5 Å². The summed E-state index contributed by atoms with van der Waals surface area (Å²) in [6.45, 7) is 4.31. The lowest BCUT2D eigenvalue weighted by molar-refractivity contribution is 0.0920. The van der Waals surface area contributed by atoms with Gasteiger partial charge in [-0.2, -0.15) is 0 Å². The monoisotopic (exact) mass is 463 g/mol. The Hall–Kier alpha value is -2.84. The Bertz CT molecular complexity index is 1260. The second kappa shape index (κ2) is 7.60. The Morgan fingerprint density at radius 2 is 2.21 bits per heavy atom. The summed E-state index contributed by atoms with van der Waals surface area (Å²) in [7, 11) is 0. The van der Waals surface area contributed by atoms with E-state index in [1.54, 1.807) is 0 Å². The number of carbonyl (C=O) groups excluding carboxylic acids is 1. The number of aromatic nitrogens is 1. The van der Waals surface area contributed by atoms with Gasteiger partial charge in [0.15, 0.2) is 0 Å².